The summed E-state index contributed by atoms with van der Waals surface area (Å²) in [6, 6.07) is 0.342. The van der Waals surface area contributed by atoms with Crippen molar-refractivity contribution in [3.05, 3.63) is 15.8 Å². The van der Waals surface area contributed by atoms with Crippen molar-refractivity contribution in [1.82, 2.24) is 10.0 Å². The zero-order valence-electron chi connectivity index (χ0n) is 13.1. The van der Waals surface area contributed by atoms with Gasteiger partial charge < -0.3 is 5.32 Å². The van der Waals surface area contributed by atoms with Crippen molar-refractivity contribution in [1.29, 1.82) is 0 Å². The number of rotatable bonds is 9. The van der Waals surface area contributed by atoms with Crippen LogP contribution in [0.15, 0.2) is 10.3 Å². The summed E-state index contributed by atoms with van der Waals surface area (Å²) < 4.78 is 27.8. The molecule has 0 aromatic carbocycles. The average molecular weight is 331 g/mol. The fraction of sp³-hybridized carbons (Fsp3) is 0.733. The quantitative estimate of drug-likeness (QED) is 0.684. The van der Waals surface area contributed by atoms with Gasteiger partial charge in [-0.25, -0.2) is 13.1 Å². The molecule has 0 spiro atoms. The summed E-state index contributed by atoms with van der Waals surface area (Å²) in [5, 5.41) is 5.22. The lowest BCUT2D eigenvalue weighted by Gasteiger charge is -2.11. The van der Waals surface area contributed by atoms with Gasteiger partial charge in [0.15, 0.2) is 0 Å². The molecule has 6 heteroatoms. The fourth-order valence-corrected chi connectivity index (χ4v) is 5.17. The fourth-order valence-electron chi connectivity index (χ4n) is 2.34. The molecule has 0 radical (unpaired) electrons. The minimum atomic E-state index is -3.38. The Balaban J connectivity index is 1.98. The third kappa shape index (κ3) is 5.06. The molecule has 0 amide bonds. The first-order valence-electron chi connectivity index (χ1n) is 7.70. The van der Waals surface area contributed by atoms with E-state index in [2.05, 4.69) is 23.9 Å². The smallest absolute Gasteiger partial charge is 0.241 e. The van der Waals surface area contributed by atoms with E-state index in [0.717, 1.165) is 29.2 Å². The summed E-state index contributed by atoms with van der Waals surface area (Å²) in [4.78, 5) is 1.38. The van der Waals surface area contributed by atoms with Crippen LogP contribution in [-0.4, -0.2) is 21.0 Å². The maximum Gasteiger partial charge on any atom is 0.241 e. The monoisotopic (exact) mass is 330 g/mol. The van der Waals surface area contributed by atoms with Crippen LogP contribution in [0.3, 0.4) is 0 Å². The Morgan fingerprint density at radius 2 is 2.10 bits per heavy atom. The van der Waals surface area contributed by atoms with Gasteiger partial charge in [0.25, 0.3) is 0 Å². The van der Waals surface area contributed by atoms with Crippen molar-refractivity contribution in [3.8, 4) is 0 Å². The van der Waals surface area contributed by atoms with E-state index < -0.39 is 10.0 Å². The van der Waals surface area contributed by atoms with Gasteiger partial charge in [-0.15, -0.1) is 11.3 Å². The van der Waals surface area contributed by atoms with E-state index in [1.165, 1.54) is 24.2 Å². The third-order valence-electron chi connectivity index (χ3n) is 3.71. The van der Waals surface area contributed by atoms with E-state index in [0.29, 0.717) is 24.0 Å². The van der Waals surface area contributed by atoms with Gasteiger partial charge in [0.05, 0.1) is 0 Å². The van der Waals surface area contributed by atoms with Crippen molar-refractivity contribution in [2.75, 3.05) is 6.54 Å². The summed E-state index contributed by atoms with van der Waals surface area (Å²) in [7, 11) is -3.38. The van der Waals surface area contributed by atoms with Crippen LogP contribution in [0.2, 0.25) is 0 Å². The van der Waals surface area contributed by atoms with Crippen molar-refractivity contribution < 1.29 is 8.42 Å². The Kier molecular flexibility index (Phi) is 5.82. The highest BCUT2D eigenvalue weighted by Gasteiger charge is 2.24. The first-order valence-corrected chi connectivity index (χ1v) is 10.1. The Bertz CT molecular complexity index is 560. The second kappa shape index (κ2) is 7.22. The van der Waals surface area contributed by atoms with Crippen molar-refractivity contribution in [3.63, 3.8) is 0 Å². The molecule has 2 rings (SSSR count). The summed E-state index contributed by atoms with van der Waals surface area (Å²) >= 11 is 1.52. The minimum Gasteiger partial charge on any atom is -0.310 e. The molecule has 1 aromatic heterocycles. The highest BCUT2D eigenvalue weighted by molar-refractivity contribution is 7.89. The molecule has 1 aromatic rings. The van der Waals surface area contributed by atoms with Gasteiger partial charge in [-0.2, -0.15) is 0 Å². The molecule has 0 bridgehead atoms. The molecule has 120 valence electrons. The van der Waals surface area contributed by atoms with E-state index in [1.54, 1.807) is 0 Å². The summed E-state index contributed by atoms with van der Waals surface area (Å²) in [6.45, 7) is 7.14. The zero-order chi connectivity index (χ0) is 15.5. The van der Waals surface area contributed by atoms with Gasteiger partial charge in [-0.1, -0.05) is 26.7 Å². The molecule has 1 fully saturated rings. The summed E-state index contributed by atoms with van der Waals surface area (Å²) in [5.41, 5.74) is 0.843. The second-order valence-electron chi connectivity index (χ2n) is 6.19. The molecule has 4 nitrogen and oxygen atoms in total. The summed E-state index contributed by atoms with van der Waals surface area (Å²) in [6.07, 6.45) is 4.72. The van der Waals surface area contributed by atoms with Crippen LogP contribution in [0, 0.1) is 12.8 Å². The van der Waals surface area contributed by atoms with E-state index in [9.17, 15) is 8.42 Å². The molecule has 21 heavy (non-hydrogen) atoms. The topological polar surface area (TPSA) is 58.2 Å². The Morgan fingerprint density at radius 3 is 2.71 bits per heavy atom. The van der Waals surface area contributed by atoms with E-state index >= 15 is 0 Å². The number of sulfonamides is 1. The van der Waals surface area contributed by atoms with Gasteiger partial charge in [0.1, 0.15) is 4.90 Å². The van der Waals surface area contributed by atoms with Crippen LogP contribution in [-0.2, 0) is 16.6 Å². The molecule has 1 aliphatic rings. The van der Waals surface area contributed by atoms with E-state index in [-0.39, 0.29) is 0 Å². The average Bonchev–Trinajstić information content (AvgIpc) is 3.14. The molecule has 0 saturated heterocycles. The van der Waals surface area contributed by atoms with Gasteiger partial charge in [0, 0.05) is 24.0 Å². The van der Waals surface area contributed by atoms with Crippen LogP contribution >= 0.6 is 11.3 Å². The molecule has 1 heterocycles. The predicted molar refractivity (Wildman–Crippen MR) is 88.2 cm³/mol. The maximum atomic E-state index is 12.5. The lowest BCUT2D eigenvalue weighted by Crippen LogP contribution is -2.27. The van der Waals surface area contributed by atoms with Crippen molar-refractivity contribution >= 4 is 21.4 Å². The van der Waals surface area contributed by atoms with Crippen LogP contribution in [0.1, 0.15) is 50.0 Å². The third-order valence-corrected chi connectivity index (χ3v) is 6.63. The van der Waals surface area contributed by atoms with Crippen LogP contribution in [0.4, 0.5) is 0 Å². The zero-order valence-corrected chi connectivity index (χ0v) is 14.7. The minimum absolute atomic E-state index is 0.342. The lowest BCUT2D eigenvalue weighted by atomic mass is 10.2. The molecule has 0 atom stereocenters. The van der Waals surface area contributed by atoms with Crippen LogP contribution in [0.25, 0.3) is 0 Å². The molecule has 1 saturated carbocycles. The summed E-state index contributed by atoms with van der Waals surface area (Å²) in [5.74, 6) is 0.850. The molecule has 0 unspecified atom stereocenters. The Morgan fingerprint density at radius 1 is 1.38 bits per heavy atom. The lowest BCUT2D eigenvalue weighted by molar-refractivity contribution is 0.565. The second-order valence-corrected chi connectivity index (χ2v) is 8.86. The van der Waals surface area contributed by atoms with Crippen molar-refractivity contribution in [2.24, 2.45) is 5.92 Å². The Hall–Kier alpha value is -0.430. The van der Waals surface area contributed by atoms with Gasteiger partial charge in [-0.3, -0.25) is 0 Å². The van der Waals surface area contributed by atoms with Gasteiger partial charge >= 0.3 is 0 Å². The molecule has 2 N–H and O–H groups in total. The molecular weight excluding hydrogens is 304 g/mol. The number of nitrogens with one attached hydrogen (secondary N) is 2. The first-order chi connectivity index (χ1) is 9.90. The molecular formula is C15H26N2O2S2. The van der Waals surface area contributed by atoms with Crippen LogP contribution < -0.4 is 10.0 Å². The number of hydrogen-bond donors (Lipinski definition) is 2. The largest absolute Gasteiger partial charge is 0.310 e. The molecule has 0 aliphatic heterocycles. The van der Waals surface area contributed by atoms with Crippen molar-refractivity contribution in [2.45, 2.75) is 63.9 Å². The highest BCUT2D eigenvalue weighted by atomic mass is 32.2. The normalized spacial score (nSPS) is 15.8. The number of aryl methyl sites for hydroxylation is 1. The van der Waals surface area contributed by atoms with Crippen LogP contribution in [0.5, 0.6) is 0 Å². The van der Waals surface area contributed by atoms with E-state index in [4.69, 9.17) is 0 Å². The predicted octanol–water partition coefficient (Wildman–Crippen LogP) is 3.02. The standard InChI is InChI=1S/C15H26N2O2S2/c1-11(2)16-9-14-15(12(3)10-20-14)21(18,19)17-8-4-5-13-6-7-13/h10-11,13,16-17H,4-9H2,1-3H3. The van der Waals surface area contributed by atoms with Gasteiger partial charge in [-0.05, 0) is 36.6 Å². The highest BCUT2D eigenvalue weighted by Crippen LogP contribution is 2.33. The maximum absolute atomic E-state index is 12.5. The number of hydrogen-bond acceptors (Lipinski definition) is 4. The van der Waals surface area contributed by atoms with Gasteiger partial charge in [0.2, 0.25) is 10.0 Å². The SMILES string of the molecule is Cc1csc(CNC(C)C)c1S(=O)(=O)NCCCC1CC1. The Labute approximate surface area is 132 Å². The van der Waals surface area contributed by atoms with E-state index in [1.807, 2.05) is 12.3 Å². The first kappa shape index (κ1) is 16.9. The molecule has 1 aliphatic carbocycles. The number of thiophene rings is 1.